The second-order valence-corrected chi connectivity index (χ2v) is 15.3. The second-order valence-electron chi connectivity index (χ2n) is 15.3. The van der Waals surface area contributed by atoms with E-state index in [2.05, 4.69) is 19.2 Å². The third kappa shape index (κ3) is 33.8. The molecule has 0 spiro atoms. The number of rotatable bonds is 40. The lowest BCUT2D eigenvalue weighted by atomic mass is 9.99. The average Bonchev–Trinajstić information content (AvgIpc) is 3.09. The van der Waals surface area contributed by atoms with Gasteiger partial charge in [-0.05, 0) is 12.8 Å². The number of hydrogen-bond acceptors (Lipinski definition) is 4. The molecule has 5 nitrogen and oxygen atoms in total. The zero-order valence-electron chi connectivity index (χ0n) is 32.6. The first-order valence-corrected chi connectivity index (χ1v) is 21.8. The lowest BCUT2D eigenvalue weighted by molar-refractivity contribution is -0.124. The van der Waals surface area contributed by atoms with Crippen LogP contribution in [0.1, 0.15) is 245 Å². The molecule has 1 amide bonds. The molecule has 0 rings (SSSR count). The molecule has 3 atom stereocenters. The lowest BCUT2D eigenvalue weighted by Crippen LogP contribution is -2.50. The molecular formula is C43H87NO4. The molecule has 0 aromatic rings. The summed E-state index contributed by atoms with van der Waals surface area (Å²) in [6.07, 6.45) is 43.8. The number of aliphatic hydroxyl groups is 3. The number of carbonyl (C=O) groups is 1. The average molecular weight is 682 g/mol. The van der Waals surface area contributed by atoms with Crippen LogP contribution in [0.3, 0.4) is 0 Å². The molecule has 0 aromatic carbocycles. The summed E-state index contributed by atoms with van der Waals surface area (Å²) in [6, 6.07) is -0.800. The van der Waals surface area contributed by atoms with Crippen molar-refractivity contribution in [2.75, 3.05) is 6.61 Å². The Morgan fingerprint density at radius 1 is 0.438 bits per heavy atom. The van der Waals surface area contributed by atoms with Crippen molar-refractivity contribution in [1.29, 1.82) is 0 Å². The number of aliphatic hydroxyl groups excluding tert-OH is 3. The van der Waals surface area contributed by atoms with E-state index in [9.17, 15) is 20.1 Å². The molecule has 288 valence electrons. The van der Waals surface area contributed by atoms with Gasteiger partial charge >= 0.3 is 0 Å². The lowest BCUT2D eigenvalue weighted by Gasteiger charge is -2.26. The molecular weight excluding hydrogens is 594 g/mol. The number of amides is 1. The smallest absolute Gasteiger partial charge is 0.220 e. The van der Waals surface area contributed by atoms with Crippen LogP contribution in [0.4, 0.5) is 0 Å². The maximum atomic E-state index is 12.4. The van der Waals surface area contributed by atoms with Crippen molar-refractivity contribution < 1.29 is 20.1 Å². The Balaban J connectivity index is 3.46. The normalized spacial score (nSPS) is 13.5. The van der Waals surface area contributed by atoms with Gasteiger partial charge in [-0.1, -0.05) is 226 Å². The zero-order valence-corrected chi connectivity index (χ0v) is 32.6. The van der Waals surface area contributed by atoms with Gasteiger partial charge in [-0.3, -0.25) is 4.79 Å². The highest BCUT2D eigenvalue weighted by molar-refractivity contribution is 5.76. The van der Waals surface area contributed by atoms with Crippen LogP contribution < -0.4 is 5.32 Å². The van der Waals surface area contributed by atoms with Crippen LogP contribution in [0.5, 0.6) is 0 Å². The molecule has 0 aliphatic rings. The Morgan fingerprint density at radius 2 is 0.708 bits per heavy atom. The van der Waals surface area contributed by atoms with Crippen molar-refractivity contribution >= 4 is 5.91 Å². The maximum Gasteiger partial charge on any atom is 0.220 e. The van der Waals surface area contributed by atoms with E-state index in [1.165, 1.54) is 180 Å². The first-order chi connectivity index (χ1) is 23.6. The molecule has 0 saturated carbocycles. The van der Waals surface area contributed by atoms with Crippen molar-refractivity contribution in [3.63, 3.8) is 0 Å². The van der Waals surface area contributed by atoms with E-state index in [4.69, 9.17) is 0 Å². The van der Waals surface area contributed by atoms with Crippen LogP contribution in [0, 0.1) is 0 Å². The number of nitrogens with one attached hydrogen (secondary N) is 1. The summed E-state index contributed by atoms with van der Waals surface area (Å²) in [5.41, 5.74) is 0. The number of hydrogen-bond donors (Lipinski definition) is 4. The quantitative estimate of drug-likeness (QED) is 0.0485. The van der Waals surface area contributed by atoms with Gasteiger partial charge in [0, 0.05) is 6.42 Å². The largest absolute Gasteiger partial charge is 0.394 e. The van der Waals surface area contributed by atoms with E-state index in [0.29, 0.717) is 12.8 Å². The molecule has 0 fully saturated rings. The van der Waals surface area contributed by atoms with Gasteiger partial charge in [0.25, 0.3) is 0 Å². The minimum Gasteiger partial charge on any atom is -0.394 e. The SMILES string of the molecule is CCCCCCCCCCCCCCCCCCCCCCCCCCCCC(=O)N[C@@H](CO)[C@H](O)[C@H](O)CCCCCCCCCC. The summed E-state index contributed by atoms with van der Waals surface area (Å²) in [6.45, 7) is 4.16. The Morgan fingerprint density at radius 3 is 1.00 bits per heavy atom. The minimum atomic E-state index is -1.13. The van der Waals surface area contributed by atoms with Gasteiger partial charge < -0.3 is 20.6 Å². The number of unbranched alkanes of at least 4 members (excludes halogenated alkanes) is 32. The Labute approximate surface area is 300 Å². The summed E-state index contributed by atoms with van der Waals surface area (Å²) in [4.78, 5) is 12.4. The topological polar surface area (TPSA) is 89.8 Å². The standard InChI is InChI=1S/C43H87NO4/c1-3-5-7-9-11-13-14-15-16-17-18-19-20-21-22-23-24-25-26-27-28-29-30-32-34-36-38-42(47)44-40(39-45)43(48)41(46)37-35-33-31-12-10-8-6-4-2/h40-41,43,45-46,48H,3-39H2,1-2H3,(H,44,47)/t40-,41+,43-/m0/s1. The van der Waals surface area contributed by atoms with Crippen LogP contribution in [-0.2, 0) is 4.79 Å². The van der Waals surface area contributed by atoms with Gasteiger partial charge in [0.1, 0.15) is 6.10 Å². The first kappa shape index (κ1) is 47.4. The van der Waals surface area contributed by atoms with E-state index in [1.54, 1.807) is 0 Å². The molecule has 4 N–H and O–H groups in total. The molecule has 0 heterocycles. The Bertz CT molecular complexity index is 630. The zero-order chi connectivity index (χ0) is 35.2. The summed E-state index contributed by atoms with van der Waals surface area (Å²) in [5.74, 6) is -0.142. The molecule has 0 unspecified atom stereocenters. The van der Waals surface area contributed by atoms with E-state index in [0.717, 1.165) is 38.5 Å². The third-order valence-corrected chi connectivity index (χ3v) is 10.5. The predicted molar refractivity (Wildman–Crippen MR) is 209 cm³/mol. The van der Waals surface area contributed by atoms with E-state index >= 15 is 0 Å². The maximum absolute atomic E-state index is 12.4. The monoisotopic (exact) mass is 682 g/mol. The summed E-state index contributed by atoms with van der Waals surface area (Å²) in [7, 11) is 0. The number of carbonyl (C=O) groups excluding carboxylic acids is 1. The van der Waals surface area contributed by atoms with Gasteiger partial charge in [-0.15, -0.1) is 0 Å². The van der Waals surface area contributed by atoms with Crippen molar-refractivity contribution in [3.8, 4) is 0 Å². The fraction of sp³-hybridized carbons (Fsp3) is 0.977. The van der Waals surface area contributed by atoms with Crippen molar-refractivity contribution in [3.05, 3.63) is 0 Å². The third-order valence-electron chi connectivity index (χ3n) is 10.5. The molecule has 0 aliphatic carbocycles. The van der Waals surface area contributed by atoms with Crippen LogP contribution in [0.2, 0.25) is 0 Å². The van der Waals surface area contributed by atoms with E-state index in [-0.39, 0.29) is 12.5 Å². The van der Waals surface area contributed by atoms with Gasteiger partial charge in [0.2, 0.25) is 5.91 Å². The van der Waals surface area contributed by atoms with Gasteiger partial charge in [0.05, 0.1) is 18.8 Å². The van der Waals surface area contributed by atoms with Crippen molar-refractivity contribution in [2.45, 2.75) is 263 Å². The fourth-order valence-corrected chi connectivity index (χ4v) is 7.05. The van der Waals surface area contributed by atoms with Crippen molar-refractivity contribution in [2.24, 2.45) is 0 Å². The molecule has 48 heavy (non-hydrogen) atoms. The van der Waals surface area contributed by atoms with Crippen LogP contribution >= 0.6 is 0 Å². The summed E-state index contributed by atoms with van der Waals surface area (Å²) < 4.78 is 0. The molecule has 0 saturated heterocycles. The molecule has 0 aromatic heterocycles. The highest BCUT2D eigenvalue weighted by Gasteiger charge is 2.26. The minimum absolute atomic E-state index is 0.142. The molecule has 5 heteroatoms. The van der Waals surface area contributed by atoms with Gasteiger partial charge in [-0.2, -0.15) is 0 Å². The van der Waals surface area contributed by atoms with E-state index < -0.39 is 18.2 Å². The van der Waals surface area contributed by atoms with E-state index in [1.807, 2.05) is 0 Å². The highest BCUT2D eigenvalue weighted by atomic mass is 16.3. The van der Waals surface area contributed by atoms with Crippen LogP contribution in [-0.4, -0.2) is 46.1 Å². The Hall–Kier alpha value is -0.650. The predicted octanol–water partition coefficient (Wildman–Crippen LogP) is 12.3. The second kappa shape index (κ2) is 39.1. The van der Waals surface area contributed by atoms with Crippen LogP contribution in [0.15, 0.2) is 0 Å². The van der Waals surface area contributed by atoms with Gasteiger partial charge in [-0.25, -0.2) is 0 Å². The van der Waals surface area contributed by atoms with Gasteiger partial charge in [0.15, 0.2) is 0 Å². The van der Waals surface area contributed by atoms with Crippen LogP contribution in [0.25, 0.3) is 0 Å². The fourth-order valence-electron chi connectivity index (χ4n) is 7.05. The van der Waals surface area contributed by atoms with Crippen molar-refractivity contribution in [1.82, 2.24) is 5.32 Å². The highest BCUT2D eigenvalue weighted by Crippen LogP contribution is 2.17. The molecule has 0 bridgehead atoms. The summed E-state index contributed by atoms with van der Waals surface area (Å²) >= 11 is 0. The molecule has 0 radical (unpaired) electrons. The summed E-state index contributed by atoms with van der Waals surface area (Å²) in [5, 5.41) is 33.3. The molecule has 0 aliphatic heterocycles. The first-order valence-electron chi connectivity index (χ1n) is 21.8. The Kier molecular flexibility index (Phi) is 38.6.